The van der Waals surface area contributed by atoms with Crippen molar-refractivity contribution < 1.29 is 4.79 Å². The van der Waals surface area contributed by atoms with Gasteiger partial charge in [-0.2, -0.15) is 0 Å². The third-order valence-electron chi connectivity index (χ3n) is 2.10. The molecule has 4 heteroatoms. The fourth-order valence-corrected chi connectivity index (χ4v) is 1.43. The summed E-state index contributed by atoms with van der Waals surface area (Å²) in [7, 11) is 0. The van der Waals surface area contributed by atoms with E-state index in [0.717, 1.165) is 12.0 Å². The van der Waals surface area contributed by atoms with E-state index in [-0.39, 0.29) is 5.91 Å². The van der Waals surface area contributed by atoms with Crippen LogP contribution >= 0.6 is 11.6 Å². The Labute approximate surface area is 94.6 Å². The largest absolute Gasteiger partial charge is 0.352 e. The second kappa shape index (κ2) is 5.73. The number of carbonyl (C=O) groups is 1. The first-order valence-corrected chi connectivity index (χ1v) is 5.28. The monoisotopic (exact) mass is 226 g/mol. The van der Waals surface area contributed by atoms with Crippen molar-refractivity contribution in [2.75, 3.05) is 13.1 Å². The molecule has 0 spiro atoms. The summed E-state index contributed by atoms with van der Waals surface area (Å²) >= 11 is 6.02. The summed E-state index contributed by atoms with van der Waals surface area (Å²) in [6.07, 6.45) is 0.773. The lowest BCUT2D eigenvalue weighted by Gasteiger charge is -2.07. The molecule has 3 nitrogen and oxygen atoms in total. The minimum Gasteiger partial charge on any atom is -0.352 e. The Morgan fingerprint density at radius 1 is 1.53 bits per heavy atom. The van der Waals surface area contributed by atoms with Crippen LogP contribution in [0.25, 0.3) is 0 Å². The van der Waals surface area contributed by atoms with Gasteiger partial charge in [0.1, 0.15) is 0 Å². The summed E-state index contributed by atoms with van der Waals surface area (Å²) in [4.78, 5) is 11.7. The summed E-state index contributed by atoms with van der Waals surface area (Å²) in [5.74, 6) is -0.142. The van der Waals surface area contributed by atoms with Crippen LogP contribution in [0, 0.1) is 6.92 Å². The lowest BCUT2D eigenvalue weighted by atomic mass is 10.1. The number of nitrogens with one attached hydrogen (secondary N) is 1. The van der Waals surface area contributed by atoms with E-state index in [9.17, 15) is 4.79 Å². The quantitative estimate of drug-likeness (QED) is 0.769. The third kappa shape index (κ3) is 3.22. The fraction of sp³-hybridized carbons (Fsp3) is 0.364. The molecule has 0 fully saturated rings. The van der Waals surface area contributed by atoms with Gasteiger partial charge in [0.15, 0.2) is 0 Å². The average molecular weight is 227 g/mol. The molecule has 1 amide bonds. The van der Waals surface area contributed by atoms with Crippen LogP contribution in [-0.4, -0.2) is 19.0 Å². The smallest absolute Gasteiger partial charge is 0.252 e. The molecule has 15 heavy (non-hydrogen) atoms. The average Bonchev–Trinajstić information content (AvgIpc) is 2.22. The molecule has 0 saturated carbocycles. The molecule has 1 aromatic carbocycles. The molecule has 0 aromatic heterocycles. The molecule has 0 aliphatic carbocycles. The van der Waals surface area contributed by atoms with E-state index in [4.69, 9.17) is 17.3 Å². The van der Waals surface area contributed by atoms with Crippen molar-refractivity contribution >= 4 is 17.5 Å². The van der Waals surface area contributed by atoms with Crippen LogP contribution in [0.15, 0.2) is 18.2 Å². The number of rotatable bonds is 4. The number of nitrogens with two attached hydrogens (primary N) is 1. The Hall–Kier alpha value is -1.06. The highest BCUT2D eigenvalue weighted by Gasteiger charge is 2.10. The van der Waals surface area contributed by atoms with Gasteiger partial charge in [-0.3, -0.25) is 4.79 Å². The van der Waals surface area contributed by atoms with E-state index in [0.29, 0.717) is 23.7 Å². The van der Waals surface area contributed by atoms with Gasteiger partial charge in [0.05, 0.1) is 10.6 Å². The van der Waals surface area contributed by atoms with Crippen molar-refractivity contribution in [3.8, 4) is 0 Å². The first-order valence-electron chi connectivity index (χ1n) is 4.90. The minimum absolute atomic E-state index is 0.142. The molecular formula is C11H15ClN2O. The molecule has 0 aliphatic rings. The van der Waals surface area contributed by atoms with Crippen LogP contribution in [0.1, 0.15) is 22.3 Å². The van der Waals surface area contributed by atoms with Crippen LogP contribution in [0.2, 0.25) is 5.02 Å². The number of aryl methyl sites for hydroxylation is 1. The maximum Gasteiger partial charge on any atom is 0.252 e. The molecule has 0 aliphatic heterocycles. The zero-order valence-electron chi connectivity index (χ0n) is 8.72. The van der Waals surface area contributed by atoms with E-state index in [1.807, 2.05) is 19.1 Å². The van der Waals surface area contributed by atoms with Crippen molar-refractivity contribution in [1.29, 1.82) is 0 Å². The minimum atomic E-state index is -0.142. The van der Waals surface area contributed by atoms with Crippen LogP contribution < -0.4 is 11.1 Å². The van der Waals surface area contributed by atoms with Gasteiger partial charge in [-0.15, -0.1) is 0 Å². The first kappa shape index (κ1) is 12.0. The molecule has 0 radical (unpaired) electrons. The molecule has 82 valence electrons. The third-order valence-corrected chi connectivity index (χ3v) is 2.60. The Bertz CT molecular complexity index is 352. The van der Waals surface area contributed by atoms with E-state index in [2.05, 4.69) is 5.32 Å². The molecule has 0 bridgehead atoms. The Kier molecular flexibility index (Phi) is 4.59. The van der Waals surface area contributed by atoms with Gasteiger partial charge in [-0.05, 0) is 31.5 Å². The molecule has 0 unspecified atom stereocenters. The van der Waals surface area contributed by atoms with Crippen LogP contribution in [-0.2, 0) is 0 Å². The van der Waals surface area contributed by atoms with Crippen LogP contribution in [0.4, 0.5) is 0 Å². The van der Waals surface area contributed by atoms with Crippen LogP contribution in [0.3, 0.4) is 0 Å². The van der Waals surface area contributed by atoms with Crippen LogP contribution in [0.5, 0.6) is 0 Å². The highest BCUT2D eigenvalue weighted by Crippen LogP contribution is 2.19. The standard InChI is InChI=1S/C11H15ClN2O/c1-8-4-2-5-9(10(8)12)11(15)14-7-3-6-13/h2,4-5H,3,6-7,13H2,1H3,(H,14,15). The van der Waals surface area contributed by atoms with Gasteiger partial charge >= 0.3 is 0 Å². The molecule has 0 atom stereocenters. The number of hydrogen-bond acceptors (Lipinski definition) is 2. The van der Waals surface area contributed by atoms with Gasteiger partial charge in [0.2, 0.25) is 0 Å². The summed E-state index contributed by atoms with van der Waals surface area (Å²) in [6.45, 7) is 3.03. The van der Waals surface area contributed by atoms with Crippen molar-refractivity contribution in [3.63, 3.8) is 0 Å². The van der Waals surface area contributed by atoms with E-state index < -0.39 is 0 Å². The van der Waals surface area contributed by atoms with Gasteiger partial charge in [-0.25, -0.2) is 0 Å². The number of carbonyl (C=O) groups excluding carboxylic acids is 1. The number of amides is 1. The number of hydrogen-bond donors (Lipinski definition) is 2. The first-order chi connectivity index (χ1) is 7.16. The molecular weight excluding hydrogens is 212 g/mol. The number of benzene rings is 1. The molecule has 0 heterocycles. The summed E-state index contributed by atoms with van der Waals surface area (Å²) in [5, 5.41) is 3.28. The lowest BCUT2D eigenvalue weighted by Crippen LogP contribution is -2.26. The summed E-state index contributed by atoms with van der Waals surface area (Å²) < 4.78 is 0. The Morgan fingerprint density at radius 2 is 2.27 bits per heavy atom. The van der Waals surface area contributed by atoms with Crippen molar-refractivity contribution in [3.05, 3.63) is 34.3 Å². The second-order valence-electron chi connectivity index (χ2n) is 3.33. The predicted molar refractivity (Wildman–Crippen MR) is 62.2 cm³/mol. The Balaban J connectivity index is 2.69. The zero-order valence-corrected chi connectivity index (χ0v) is 9.47. The highest BCUT2D eigenvalue weighted by molar-refractivity contribution is 6.34. The highest BCUT2D eigenvalue weighted by atomic mass is 35.5. The number of halogens is 1. The van der Waals surface area contributed by atoms with E-state index in [1.54, 1.807) is 6.07 Å². The zero-order chi connectivity index (χ0) is 11.3. The molecule has 3 N–H and O–H groups in total. The topological polar surface area (TPSA) is 55.1 Å². The van der Waals surface area contributed by atoms with Gasteiger partial charge in [0, 0.05) is 6.54 Å². The summed E-state index contributed by atoms with van der Waals surface area (Å²) in [6, 6.07) is 5.41. The fourth-order valence-electron chi connectivity index (χ4n) is 1.22. The molecule has 1 rings (SSSR count). The van der Waals surface area contributed by atoms with Gasteiger partial charge < -0.3 is 11.1 Å². The SMILES string of the molecule is Cc1cccc(C(=O)NCCCN)c1Cl. The Morgan fingerprint density at radius 3 is 2.93 bits per heavy atom. The normalized spacial score (nSPS) is 10.1. The van der Waals surface area contributed by atoms with E-state index >= 15 is 0 Å². The summed E-state index contributed by atoms with van der Waals surface area (Å²) in [5.41, 5.74) is 6.76. The lowest BCUT2D eigenvalue weighted by molar-refractivity contribution is 0.0953. The molecule has 1 aromatic rings. The van der Waals surface area contributed by atoms with Crippen molar-refractivity contribution in [2.24, 2.45) is 5.73 Å². The van der Waals surface area contributed by atoms with Gasteiger partial charge in [0.25, 0.3) is 5.91 Å². The van der Waals surface area contributed by atoms with Crippen molar-refractivity contribution in [1.82, 2.24) is 5.32 Å². The maximum absolute atomic E-state index is 11.7. The molecule has 0 saturated heterocycles. The van der Waals surface area contributed by atoms with E-state index in [1.165, 1.54) is 0 Å². The van der Waals surface area contributed by atoms with Gasteiger partial charge in [-0.1, -0.05) is 23.7 Å². The second-order valence-corrected chi connectivity index (χ2v) is 3.71. The predicted octanol–water partition coefficient (Wildman–Crippen LogP) is 1.73. The van der Waals surface area contributed by atoms with Crippen molar-refractivity contribution in [2.45, 2.75) is 13.3 Å². The maximum atomic E-state index is 11.7.